The highest BCUT2D eigenvalue weighted by molar-refractivity contribution is 5.78. The lowest BCUT2D eigenvalue weighted by atomic mass is 10.2. The van der Waals surface area contributed by atoms with E-state index in [0.29, 0.717) is 13.1 Å². The summed E-state index contributed by atoms with van der Waals surface area (Å²) >= 11 is 0. The molecule has 0 aliphatic carbocycles. The highest BCUT2D eigenvalue weighted by Gasteiger charge is 2.19. The van der Waals surface area contributed by atoms with Crippen LogP contribution in [-0.4, -0.2) is 63.3 Å². The van der Waals surface area contributed by atoms with Gasteiger partial charge in [0.05, 0.1) is 25.7 Å². The van der Waals surface area contributed by atoms with Gasteiger partial charge in [0.1, 0.15) is 0 Å². The number of nitrogens with one attached hydrogen (secondary N) is 1. The van der Waals surface area contributed by atoms with Crippen molar-refractivity contribution >= 4 is 11.9 Å². The van der Waals surface area contributed by atoms with Gasteiger partial charge in [-0.15, -0.1) is 0 Å². The molecule has 0 radical (unpaired) electrons. The van der Waals surface area contributed by atoms with Crippen molar-refractivity contribution in [2.24, 2.45) is 5.92 Å². The molecule has 0 aromatic rings. The normalized spacial score (nSPS) is 20.3. The lowest BCUT2D eigenvalue weighted by Crippen LogP contribution is -2.40. The van der Waals surface area contributed by atoms with Crippen LogP contribution in [-0.2, 0) is 19.1 Å². The summed E-state index contributed by atoms with van der Waals surface area (Å²) < 4.78 is 10.1. The minimum absolute atomic E-state index is 0.0462. The van der Waals surface area contributed by atoms with E-state index in [1.54, 1.807) is 6.92 Å². The van der Waals surface area contributed by atoms with Crippen LogP contribution in [0.15, 0.2) is 0 Å². The number of methoxy groups -OCH3 is 1. The van der Waals surface area contributed by atoms with Gasteiger partial charge in [-0.05, 0) is 19.9 Å². The molecule has 19 heavy (non-hydrogen) atoms. The lowest BCUT2D eigenvalue weighted by molar-refractivity contribution is -0.145. The Morgan fingerprint density at radius 3 is 2.84 bits per heavy atom. The van der Waals surface area contributed by atoms with Gasteiger partial charge in [-0.2, -0.15) is 0 Å². The first kappa shape index (κ1) is 15.9. The van der Waals surface area contributed by atoms with Gasteiger partial charge in [0, 0.05) is 19.7 Å². The van der Waals surface area contributed by atoms with E-state index in [0.717, 1.165) is 19.4 Å². The maximum Gasteiger partial charge on any atom is 0.309 e. The molecule has 2 atom stereocenters. The number of nitrogens with zero attached hydrogens (tertiary/aromatic N) is 1. The summed E-state index contributed by atoms with van der Waals surface area (Å²) in [5.41, 5.74) is 0. The summed E-state index contributed by atoms with van der Waals surface area (Å²) in [5, 5.41) is 2.85. The Morgan fingerprint density at radius 1 is 1.53 bits per heavy atom. The summed E-state index contributed by atoms with van der Waals surface area (Å²) in [5.74, 6) is -0.539. The summed E-state index contributed by atoms with van der Waals surface area (Å²) in [6, 6.07) is 0. The van der Waals surface area contributed by atoms with E-state index in [1.165, 1.54) is 7.11 Å². The molecule has 1 N–H and O–H groups in total. The Hall–Kier alpha value is -1.14. The van der Waals surface area contributed by atoms with Gasteiger partial charge in [0.25, 0.3) is 0 Å². The first-order valence-corrected chi connectivity index (χ1v) is 6.67. The van der Waals surface area contributed by atoms with E-state index in [-0.39, 0.29) is 30.4 Å². The number of hydrogen-bond donors (Lipinski definition) is 1. The Morgan fingerprint density at radius 2 is 2.26 bits per heavy atom. The number of amides is 1. The molecule has 6 nitrogen and oxygen atoms in total. The average Bonchev–Trinajstić information content (AvgIpc) is 2.88. The second kappa shape index (κ2) is 8.12. The molecule has 1 saturated heterocycles. The fourth-order valence-corrected chi connectivity index (χ4v) is 2.14. The van der Waals surface area contributed by atoms with Gasteiger partial charge in [-0.25, -0.2) is 0 Å². The van der Waals surface area contributed by atoms with Crippen LogP contribution < -0.4 is 5.32 Å². The van der Waals surface area contributed by atoms with Crippen LogP contribution in [0.1, 0.15) is 19.8 Å². The van der Waals surface area contributed by atoms with Crippen LogP contribution in [0.3, 0.4) is 0 Å². The van der Waals surface area contributed by atoms with Crippen molar-refractivity contribution in [3.8, 4) is 0 Å². The second-order valence-corrected chi connectivity index (χ2v) is 5.06. The van der Waals surface area contributed by atoms with Crippen molar-refractivity contribution in [2.75, 3.05) is 40.4 Å². The van der Waals surface area contributed by atoms with E-state index in [1.807, 2.05) is 11.9 Å². The molecule has 1 amide bonds. The smallest absolute Gasteiger partial charge is 0.309 e. The zero-order valence-electron chi connectivity index (χ0n) is 12.0. The van der Waals surface area contributed by atoms with Gasteiger partial charge in [0.15, 0.2) is 0 Å². The molecule has 1 heterocycles. The largest absolute Gasteiger partial charge is 0.469 e. The fraction of sp³-hybridized carbons (Fsp3) is 0.846. The Bertz CT molecular complexity index is 303. The van der Waals surface area contributed by atoms with Crippen LogP contribution in [0.5, 0.6) is 0 Å². The molecular weight excluding hydrogens is 248 g/mol. The molecule has 1 rings (SSSR count). The molecule has 0 aromatic carbocycles. The molecule has 1 aliphatic rings. The number of hydrogen-bond acceptors (Lipinski definition) is 5. The van der Waals surface area contributed by atoms with Gasteiger partial charge in [0.2, 0.25) is 5.91 Å². The van der Waals surface area contributed by atoms with Crippen LogP contribution in [0.25, 0.3) is 0 Å². The van der Waals surface area contributed by atoms with Crippen LogP contribution in [0.4, 0.5) is 0 Å². The van der Waals surface area contributed by atoms with Crippen molar-refractivity contribution in [3.05, 3.63) is 0 Å². The molecule has 0 saturated carbocycles. The van der Waals surface area contributed by atoms with Gasteiger partial charge < -0.3 is 14.8 Å². The maximum absolute atomic E-state index is 11.7. The molecule has 0 bridgehead atoms. The van der Waals surface area contributed by atoms with Crippen molar-refractivity contribution in [1.29, 1.82) is 0 Å². The topological polar surface area (TPSA) is 67.9 Å². The number of rotatable bonds is 7. The standard InChI is InChI=1S/C13H24N2O4/c1-10(13(17)18-3)8-15(2)9-12(16)14-7-11-5-4-6-19-11/h10-11H,4-9H2,1-3H3,(H,14,16). The number of carbonyl (C=O) groups excluding carboxylic acids is 2. The third-order valence-electron chi connectivity index (χ3n) is 3.15. The molecule has 2 unspecified atom stereocenters. The molecule has 0 aromatic heterocycles. The summed E-state index contributed by atoms with van der Waals surface area (Å²) in [6.07, 6.45) is 2.23. The predicted molar refractivity (Wildman–Crippen MR) is 70.7 cm³/mol. The zero-order chi connectivity index (χ0) is 14.3. The van der Waals surface area contributed by atoms with E-state index in [9.17, 15) is 9.59 Å². The van der Waals surface area contributed by atoms with Crippen LogP contribution in [0.2, 0.25) is 0 Å². The lowest BCUT2D eigenvalue weighted by Gasteiger charge is -2.20. The van der Waals surface area contributed by atoms with Crippen molar-refractivity contribution in [1.82, 2.24) is 10.2 Å². The molecule has 1 aliphatic heterocycles. The highest BCUT2D eigenvalue weighted by atomic mass is 16.5. The fourth-order valence-electron chi connectivity index (χ4n) is 2.14. The number of ether oxygens (including phenoxy) is 2. The first-order valence-electron chi connectivity index (χ1n) is 6.67. The monoisotopic (exact) mass is 272 g/mol. The number of esters is 1. The van der Waals surface area contributed by atoms with Gasteiger partial charge >= 0.3 is 5.97 Å². The minimum atomic E-state index is -0.258. The molecule has 1 fully saturated rings. The quantitative estimate of drug-likeness (QED) is 0.662. The SMILES string of the molecule is COC(=O)C(C)CN(C)CC(=O)NCC1CCCO1. The molecule has 6 heteroatoms. The molecule has 0 spiro atoms. The highest BCUT2D eigenvalue weighted by Crippen LogP contribution is 2.10. The third kappa shape index (κ3) is 6.02. The van der Waals surface area contributed by atoms with Crippen LogP contribution >= 0.6 is 0 Å². The van der Waals surface area contributed by atoms with Crippen molar-refractivity contribution in [3.63, 3.8) is 0 Å². The zero-order valence-corrected chi connectivity index (χ0v) is 12.0. The van der Waals surface area contributed by atoms with E-state index in [2.05, 4.69) is 10.1 Å². The summed E-state index contributed by atoms with van der Waals surface area (Å²) in [6.45, 7) is 3.91. The van der Waals surface area contributed by atoms with Gasteiger partial charge in [-0.1, -0.05) is 6.92 Å². The van der Waals surface area contributed by atoms with Gasteiger partial charge in [-0.3, -0.25) is 14.5 Å². The summed E-state index contributed by atoms with van der Waals surface area (Å²) in [4.78, 5) is 24.8. The Balaban J connectivity index is 2.17. The number of carbonyl (C=O) groups is 2. The average molecular weight is 272 g/mol. The Kier molecular flexibility index (Phi) is 6.80. The summed E-state index contributed by atoms with van der Waals surface area (Å²) in [7, 11) is 3.18. The Labute approximate surface area is 114 Å². The predicted octanol–water partition coefficient (Wildman–Crippen LogP) is 0.0225. The second-order valence-electron chi connectivity index (χ2n) is 5.06. The minimum Gasteiger partial charge on any atom is -0.469 e. The molecule has 110 valence electrons. The van der Waals surface area contributed by atoms with Crippen LogP contribution in [0, 0.1) is 5.92 Å². The number of likely N-dealkylation sites (N-methyl/N-ethyl adjacent to an activating group) is 1. The third-order valence-corrected chi connectivity index (χ3v) is 3.15. The van der Waals surface area contributed by atoms with E-state index in [4.69, 9.17) is 4.74 Å². The maximum atomic E-state index is 11.7. The van der Waals surface area contributed by atoms with Crippen molar-refractivity contribution in [2.45, 2.75) is 25.9 Å². The molecular formula is C13H24N2O4. The first-order chi connectivity index (χ1) is 9.02. The van der Waals surface area contributed by atoms with E-state index >= 15 is 0 Å². The van der Waals surface area contributed by atoms with E-state index < -0.39 is 0 Å². The van der Waals surface area contributed by atoms with Crippen molar-refractivity contribution < 1.29 is 19.1 Å².